The molecule has 2 N–H and O–H groups in total. The minimum Gasteiger partial charge on any atom is -0.388 e. The van der Waals surface area contributed by atoms with Crippen LogP contribution in [0.1, 0.15) is 5.56 Å². The molecule has 0 spiro atoms. The third kappa shape index (κ3) is 2.51. The molecule has 1 heterocycles. The van der Waals surface area contributed by atoms with E-state index in [0.717, 1.165) is 10.2 Å². The zero-order valence-corrected chi connectivity index (χ0v) is 10.1. The Hall–Kier alpha value is -0.580. The maximum Gasteiger partial charge on any atom is 0.0996 e. The molecule has 3 nitrogen and oxygen atoms in total. The van der Waals surface area contributed by atoms with E-state index in [1.165, 1.54) is 5.56 Å². The fourth-order valence-electron chi connectivity index (χ4n) is 1.62. The lowest BCUT2D eigenvalue weighted by atomic mass is 10.2. The van der Waals surface area contributed by atoms with E-state index in [1.807, 2.05) is 25.1 Å². The minimum atomic E-state index is -0.418. The van der Waals surface area contributed by atoms with Gasteiger partial charge in [0, 0.05) is 10.2 Å². The summed E-state index contributed by atoms with van der Waals surface area (Å²) in [5.41, 5.74) is 2.20. The van der Waals surface area contributed by atoms with Crippen molar-refractivity contribution in [3.05, 3.63) is 28.2 Å². The first-order valence-electron chi connectivity index (χ1n) is 4.95. The topological polar surface area (TPSA) is 41.5 Å². The second-order valence-corrected chi connectivity index (χ2v) is 4.69. The van der Waals surface area contributed by atoms with Gasteiger partial charge < -0.3 is 15.2 Å². The summed E-state index contributed by atoms with van der Waals surface area (Å²) in [5, 5.41) is 12.9. The third-order valence-electron chi connectivity index (χ3n) is 2.52. The van der Waals surface area contributed by atoms with Gasteiger partial charge in [-0.2, -0.15) is 0 Å². The number of hydrogen-bond donors (Lipinski definition) is 2. The molecule has 4 heteroatoms. The van der Waals surface area contributed by atoms with Crippen molar-refractivity contribution in [1.82, 2.24) is 0 Å². The van der Waals surface area contributed by atoms with Gasteiger partial charge >= 0.3 is 0 Å². The van der Waals surface area contributed by atoms with Gasteiger partial charge in [-0.25, -0.2) is 0 Å². The number of benzene rings is 1. The first-order valence-corrected chi connectivity index (χ1v) is 5.74. The summed E-state index contributed by atoms with van der Waals surface area (Å²) >= 11 is 3.49. The van der Waals surface area contributed by atoms with Crippen LogP contribution in [0.3, 0.4) is 0 Å². The zero-order chi connectivity index (χ0) is 10.8. The van der Waals surface area contributed by atoms with Gasteiger partial charge in [-0.05, 0) is 40.5 Å². The Morgan fingerprint density at radius 1 is 1.47 bits per heavy atom. The highest BCUT2D eigenvalue weighted by molar-refractivity contribution is 9.10. The fraction of sp³-hybridized carbons (Fsp3) is 0.455. The summed E-state index contributed by atoms with van der Waals surface area (Å²) in [7, 11) is 0. The summed E-state index contributed by atoms with van der Waals surface area (Å²) in [6, 6.07) is 6.08. The van der Waals surface area contributed by atoms with Crippen molar-refractivity contribution in [3.8, 4) is 0 Å². The van der Waals surface area contributed by atoms with Crippen LogP contribution in [0.5, 0.6) is 0 Å². The summed E-state index contributed by atoms with van der Waals surface area (Å²) in [5.74, 6) is 0. The molecular weight excluding hydrogens is 258 g/mol. The van der Waals surface area contributed by atoms with E-state index >= 15 is 0 Å². The molecule has 15 heavy (non-hydrogen) atoms. The van der Waals surface area contributed by atoms with Crippen molar-refractivity contribution >= 4 is 21.6 Å². The zero-order valence-electron chi connectivity index (χ0n) is 8.53. The van der Waals surface area contributed by atoms with Gasteiger partial charge in [0.2, 0.25) is 0 Å². The molecule has 0 amide bonds. The smallest absolute Gasteiger partial charge is 0.0996 e. The van der Waals surface area contributed by atoms with Crippen LogP contribution in [0.4, 0.5) is 5.69 Å². The standard InChI is InChI=1S/C11H14BrNO2/c1-7-2-3-9(8(12)4-7)13-10-5-15-6-11(10)14/h2-4,10-11,13-14H,5-6H2,1H3. The number of halogens is 1. The third-order valence-corrected chi connectivity index (χ3v) is 3.17. The number of rotatable bonds is 2. The quantitative estimate of drug-likeness (QED) is 0.864. The summed E-state index contributed by atoms with van der Waals surface area (Å²) in [4.78, 5) is 0. The molecule has 2 atom stereocenters. The number of aliphatic hydroxyl groups is 1. The second kappa shape index (κ2) is 4.51. The molecule has 2 rings (SSSR count). The van der Waals surface area contributed by atoms with Crippen LogP contribution < -0.4 is 5.32 Å². The molecule has 0 aromatic heterocycles. The molecule has 1 aliphatic rings. The van der Waals surface area contributed by atoms with E-state index in [9.17, 15) is 5.11 Å². The maximum atomic E-state index is 9.59. The molecule has 1 fully saturated rings. The van der Waals surface area contributed by atoms with Gasteiger partial charge in [-0.15, -0.1) is 0 Å². The van der Waals surface area contributed by atoms with Crippen LogP contribution in [0.2, 0.25) is 0 Å². The van der Waals surface area contributed by atoms with Gasteiger partial charge in [0.1, 0.15) is 0 Å². The number of aryl methyl sites for hydroxylation is 1. The molecule has 0 saturated carbocycles. The number of ether oxygens (including phenoxy) is 1. The van der Waals surface area contributed by atoms with Crippen LogP contribution in [0.25, 0.3) is 0 Å². The Kier molecular flexibility index (Phi) is 3.29. The molecule has 0 radical (unpaired) electrons. The van der Waals surface area contributed by atoms with E-state index < -0.39 is 6.10 Å². The first-order chi connectivity index (χ1) is 7.16. The molecule has 1 aromatic carbocycles. The molecule has 0 aliphatic carbocycles. The highest BCUT2D eigenvalue weighted by Crippen LogP contribution is 2.25. The lowest BCUT2D eigenvalue weighted by molar-refractivity contribution is 0.125. The van der Waals surface area contributed by atoms with E-state index in [1.54, 1.807) is 0 Å². The SMILES string of the molecule is Cc1ccc(NC2COCC2O)c(Br)c1. The van der Waals surface area contributed by atoms with Gasteiger partial charge in [-0.1, -0.05) is 6.07 Å². The van der Waals surface area contributed by atoms with E-state index in [-0.39, 0.29) is 6.04 Å². The highest BCUT2D eigenvalue weighted by Gasteiger charge is 2.26. The van der Waals surface area contributed by atoms with Crippen molar-refractivity contribution in [1.29, 1.82) is 0 Å². The summed E-state index contributed by atoms with van der Waals surface area (Å²) in [6.45, 7) is 3.02. The van der Waals surface area contributed by atoms with Crippen molar-refractivity contribution in [2.45, 2.75) is 19.1 Å². The van der Waals surface area contributed by atoms with E-state index in [2.05, 4.69) is 21.2 Å². The van der Waals surface area contributed by atoms with Crippen LogP contribution in [0.15, 0.2) is 22.7 Å². The van der Waals surface area contributed by atoms with Crippen molar-refractivity contribution in [2.75, 3.05) is 18.5 Å². The molecular formula is C11H14BrNO2. The Labute approximate surface area is 97.6 Å². The molecule has 1 aromatic rings. The second-order valence-electron chi connectivity index (χ2n) is 3.84. The van der Waals surface area contributed by atoms with Crippen LogP contribution in [-0.4, -0.2) is 30.5 Å². The van der Waals surface area contributed by atoms with Crippen molar-refractivity contribution in [3.63, 3.8) is 0 Å². The lowest BCUT2D eigenvalue weighted by Gasteiger charge is -2.17. The molecule has 2 unspecified atom stereocenters. The lowest BCUT2D eigenvalue weighted by Crippen LogP contribution is -2.31. The highest BCUT2D eigenvalue weighted by atomic mass is 79.9. The van der Waals surface area contributed by atoms with Gasteiger partial charge in [0.05, 0.1) is 25.4 Å². The Balaban J connectivity index is 2.10. The molecule has 1 aliphatic heterocycles. The van der Waals surface area contributed by atoms with Gasteiger partial charge in [0.15, 0.2) is 0 Å². The molecule has 82 valence electrons. The summed E-state index contributed by atoms with van der Waals surface area (Å²) < 4.78 is 6.19. The predicted molar refractivity (Wildman–Crippen MR) is 63.1 cm³/mol. The maximum absolute atomic E-state index is 9.59. The minimum absolute atomic E-state index is 0.0102. The predicted octanol–water partition coefficient (Wildman–Crippen LogP) is 1.93. The van der Waals surface area contributed by atoms with Crippen LogP contribution in [-0.2, 0) is 4.74 Å². The number of anilines is 1. The van der Waals surface area contributed by atoms with E-state index in [0.29, 0.717) is 13.2 Å². The Bertz CT molecular complexity index is 356. The number of hydrogen-bond acceptors (Lipinski definition) is 3. The van der Waals surface area contributed by atoms with E-state index in [4.69, 9.17) is 4.74 Å². The molecule has 0 bridgehead atoms. The normalized spacial score (nSPS) is 25.5. The summed E-state index contributed by atoms with van der Waals surface area (Å²) in [6.07, 6.45) is -0.418. The number of aliphatic hydroxyl groups excluding tert-OH is 1. The average Bonchev–Trinajstić information content (AvgIpc) is 2.57. The van der Waals surface area contributed by atoms with Gasteiger partial charge in [-0.3, -0.25) is 0 Å². The largest absolute Gasteiger partial charge is 0.388 e. The Morgan fingerprint density at radius 2 is 2.27 bits per heavy atom. The number of nitrogens with one attached hydrogen (secondary N) is 1. The molecule has 1 saturated heterocycles. The van der Waals surface area contributed by atoms with Crippen molar-refractivity contribution < 1.29 is 9.84 Å². The van der Waals surface area contributed by atoms with Crippen molar-refractivity contribution in [2.24, 2.45) is 0 Å². The van der Waals surface area contributed by atoms with Crippen LogP contribution in [0, 0.1) is 6.92 Å². The van der Waals surface area contributed by atoms with Gasteiger partial charge in [0.25, 0.3) is 0 Å². The monoisotopic (exact) mass is 271 g/mol. The fourth-order valence-corrected chi connectivity index (χ4v) is 2.23. The van der Waals surface area contributed by atoms with Crippen LogP contribution >= 0.6 is 15.9 Å². The Morgan fingerprint density at radius 3 is 2.87 bits per heavy atom. The average molecular weight is 272 g/mol. The first kappa shape index (κ1) is 10.9.